The SMILES string of the molecule is CC(=CC(C=C(C)C(=O)O)(C(=O)O)[N+](C)(C)CC(=O)O)C(=O)O. The maximum Gasteiger partial charge on any atom is 0.374 e. The van der Waals surface area contributed by atoms with Gasteiger partial charge in [-0.05, 0) is 13.8 Å². The lowest BCUT2D eigenvalue weighted by molar-refractivity contribution is -0.911. The molecule has 128 valence electrons. The van der Waals surface area contributed by atoms with E-state index in [0.29, 0.717) is 0 Å². The second-order valence-electron chi connectivity index (χ2n) is 5.63. The molecule has 0 aromatic heterocycles. The minimum absolute atomic E-state index is 0.349. The first-order valence-electron chi connectivity index (χ1n) is 6.40. The maximum atomic E-state index is 11.9. The number of hydrogen-bond acceptors (Lipinski definition) is 4. The molecule has 0 saturated heterocycles. The highest BCUT2D eigenvalue weighted by Crippen LogP contribution is 2.28. The van der Waals surface area contributed by atoms with Crippen LogP contribution in [-0.2, 0) is 19.2 Å². The zero-order valence-corrected chi connectivity index (χ0v) is 13.2. The number of quaternary nitrogens is 1. The van der Waals surface area contributed by atoms with Gasteiger partial charge in [-0.25, -0.2) is 19.2 Å². The second kappa shape index (κ2) is 7.05. The molecule has 23 heavy (non-hydrogen) atoms. The van der Waals surface area contributed by atoms with Crippen molar-refractivity contribution < 1.29 is 44.1 Å². The average Bonchev–Trinajstić information content (AvgIpc) is 2.34. The first kappa shape index (κ1) is 20.3. The van der Waals surface area contributed by atoms with Gasteiger partial charge in [0.05, 0.1) is 14.1 Å². The lowest BCUT2D eigenvalue weighted by Crippen LogP contribution is -2.64. The van der Waals surface area contributed by atoms with E-state index in [2.05, 4.69) is 0 Å². The van der Waals surface area contributed by atoms with Crippen molar-refractivity contribution in [3.63, 3.8) is 0 Å². The molecule has 0 bridgehead atoms. The van der Waals surface area contributed by atoms with Gasteiger partial charge < -0.3 is 20.4 Å². The Balaban J connectivity index is 6.66. The monoisotopic (exact) mass is 330 g/mol. The summed E-state index contributed by atoms with van der Waals surface area (Å²) in [4.78, 5) is 45.0. The predicted octanol–water partition coefficient (Wildman–Crippen LogP) is 0.0326. The van der Waals surface area contributed by atoms with Gasteiger partial charge in [0, 0.05) is 23.3 Å². The second-order valence-corrected chi connectivity index (χ2v) is 5.63. The van der Waals surface area contributed by atoms with Gasteiger partial charge >= 0.3 is 23.9 Å². The number of carboxylic acid groups (broad SMARTS) is 4. The van der Waals surface area contributed by atoms with Crippen molar-refractivity contribution in [2.75, 3.05) is 20.6 Å². The van der Waals surface area contributed by atoms with Gasteiger partial charge in [-0.15, -0.1) is 0 Å². The van der Waals surface area contributed by atoms with Crippen LogP contribution in [0.5, 0.6) is 0 Å². The topological polar surface area (TPSA) is 149 Å². The van der Waals surface area contributed by atoms with Crippen molar-refractivity contribution in [1.82, 2.24) is 0 Å². The number of likely N-dealkylation sites (N-methyl/N-ethyl adjacent to an activating group) is 1. The predicted molar refractivity (Wildman–Crippen MR) is 77.8 cm³/mol. The molecule has 9 heteroatoms. The Morgan fingerprint density at radius 1 is 0.870 bits per heavy atom. The third-order valence-corrected chi connectivity index (χ3v) is 3.42. The van der Waals surface area contributed by atoms with Gasteiger partial charge in [0.1, 0.15) is 0 Å². The van der Waals surface area contributed by atoms with E-state index in [9.17, 15) is 24.3 Å². The van der Waals surface area contributed by atoms with E-state index in [0.717, 1.165) is 26.0 Å². The minimum atomic E-state index is -2.18. The normalized spacial score (nSPS) is 15.7. The zero-order chi connectivity index (χ0) is 18.6. The lowest BCUT2D eigenvalue weighted by Gasteiger charge is -2.41. The van der Waals surface area contributed by atoms with E-state index in [1.54, 1.807) is 0 Å². The van der Waals surface area contributed by atoms with Crippen LogP contribution in [0.1, 0.15) is 13.8 Å². The summed E-state index contributed by atoms with van der Waals surface area (Å²) in [6.07, 6.45) is 1.71. The van der Waals surface area contributed by atoms with Crippen molar-refractivity contribution in [3.8, 4) is 0 Å². The molecule has 0 saturated carbocycles. The molecule has 9 nitrogen and oxygen atoms in total. The quantitative estimate of drug-likeness (QED) is 0.360. The van der Waals surface area contributed by atoms with Crippen LogP contribution in [0, 0.1) is 0 Å². The summed E-state index contributed by atoms with van der Waals surface area (Å²) >= 11 is 0. The van der Waals surface area contributed by atoms with Crippen LogP contribution in [0.4, 0.5) is 0 Å². The van der Waals surface area contributed by atoms with E-state index in [1.807, 2.05) is 0 Å². The molecule has 0 amide bonds. The minimum Gasteiger partial charge on any atom is -0.478 e. The zero-order valence-electron chi connectivity index (χ0n) is 13.2. The third kappa shape index (κ3) is 4.65. The van der Waals surface area contributed by atoms with Crippen LogP contribution in [0.2, 0.25) is 0 Å². The van der Waals surface area contributed by atoms with E-state index < -0.39 is 40.4 Å². The molecule has 0 aromatic carbocycles. The van der Waals surface area contributed by atoms with Gasteiger partial charge in [0.15, 0.2) is 6.54 Å². The number of carboxylic acids is 4. The summed E-state index contributed by atoms with van der Waals surface area (Å²) in [6, 6.07) is 0. The molecule has 0 rings (SSSR count). The Morgan fingerprint density at radius 2 is 1.22 bits per heavy atom. The summed E-state index contributed by atoms with van der Waals surface area (Å²) in [7, 11) is 2.53. The first-order valence-corrected chi connectivity index (χ1v) is 6.40. The van der Waals surface area contributed by atoms with Crippen LogP contribution in [-0.4, -0.2) is 75.0 Å². The largest absolute Gasteiger partial charge is 0.478 e. The van der Waals surface area contributed by atoms with Crippen molar-refractivity contribution >= 4 is 23.9 Å². The molecular formula is C14H20NO8+. The van der Waals surface area contributed by atoms with Crippen LogP contribution in [0.25, 0.3) is 0 Å². The number of nitrogens with zero attached hydrogens (tertiary/aromatic N) is 1. The van der Waals surface area contributed by atoms with Crippen molar-refractivity contribution in [1.29, 1.82) is 0 Å². The molecule has 0 aliphatic rings. The molecule has 0 aliphatic heterocycles. The Hall–Kier alpha value is -2.68. The maximum absolute atomic E-state index is 11.9. The fourth-order valence-electron chi connectivity index (χ4n) is 2.03. The summed E-state index contributed by atoms with van der Waals surface area (Å²) in [5.41, 5.74) is -2.87. The van der Waals surface area contributed by atoms with Crippen LogP contribution >= 0.6 is 0 Å². The highest BCUT2D eigenvalue weighted by Gasteiger charge is 2.51. The smallest absolute Gasteiger partial charge is 0.374 e. The van der Waals surface area contributed by atoms with Crippen molar-refractivity contribution in [2.24, 2.45) is 0 Å². The highest BCUT2D eigenvalue weighted by molar-refractivity contribution is 5.93. The Morgan fingerprint density at radius 3 is 1.43 bits per heavy atom. The molecule has 0 atom stereocenters. The van der Waals surface area contributed by atoms with E-state index in [4.69, 9.17) is 15.3 Å². The van der Waals surface area contributed by atoms with E-state index in [1.165, 1.54) is 14.1 Å². The van der Waals surface area contributed by atoms with Gasteiger partial charge in [-0.1, -0.05) is 0 Å². The van der Waals surface area contributed by atoms with E-state index >= 15 is 0 Å². The van der Waals surface area contributed by atoms with E-state index in [-0.39, 0.29) is 11.1 Å². The Kier molecular flexibility index (Phi) is 6.23. The average molecular weight is 330 g/mol. The highest BCUT2D eigenvalue weighted by atomic mass is 16.4. The Bertz CT molecular complexity index is 570. The Labute approximate surface area is 132 Å². The first-order chi connectivity index (χ1) is 10.3. The molecular weight excluding hydrogens is 310 g/mol. The summed E-state index contributed by atoms with van der Waals surface area (Å²) in [5, 5.41) is 36.6. The van der Waals surface area contributed by atoms with Crippen LogP contribution < -0.4 is 0 Å². The summed E-state index contributed by atoms with van der Waals surface area (Å²) in [5.74, 6) is -5.67. The molecule has 0 fully saturated rings. The molecule has 0 radical (unpaired) electrons. The number of carbonyl (C=O) groups is 4. The summed E-state index contributed by atoms with van der Waals surface area (Å²) in [6.45, 7) is 1.62. The standard InChI is InChI=1S/C14H19NO8/c1-8(11(18)19)5-14(13(22)23,6-9(2)12(20)21)15(3,4)7-10(16)17/h5-6H,7H2,1-4H3,(H3-,16,17,18,19,20,21,22,23)/p+1. The van der Waals surface area contributed by atoms with Crippen molar-refractivity contribution in [3.05, 3.63) is 23.3 Å². The number of aliphatic carboxylic acids is 4. The molecule has 0 heterocycles. The van der Waals surface area contributed by atoms with Gasteiger partial charge in [-0.2, -0.15) is 0 Å². The molecule has 4 N–H and O–H groups in total. The fourth-order valence-corrected chi connectivity index (χ4v) is 2.03. The molecule has 0 spiro atoms. The molecule has 0 aliphatic carbocycles. The van der Waals surface area contributed by atoms with Crippen LogP contribution in [0.3, 0.4) is 0 Å². The third-order valence-electron chi connectivity index (χ3n) is 3.42. The van der Waals surface area contributed by atoms with Gasteiger partial charge in [0.2, 0.25) is 5.54 Å². The molecule has 0 unspecified atom stereocenters. The lowest BCUT2D eigenvalue weighted by atomic mass is 9.89. The van der Waals surface area contributed by atoms with Crippen molar-refractivity contribution in [2.45, 2.75) is 19.4 Å². The van der Waals surface area contributed by atoms with Gasteiger partial charge in [0.25, 0.3) is 0 Å². The number of hydrogen-bond donors (Lipinski definition) is 4. The molecule has 0 aromatic rings. The van der Waals surface area contributed by atoms with Gasteiger partial charge in [-0.3, -0.25) is 4.48 Å². The number of rotatable bonds is 8. The van der Waals surface area contributed by atoms with Crippen LogP contribution in [0.15, 0.2) is 23.3 Å². The fraction of sp³-hybridized carbons (Fsp3) is 0.429. The summed E-state index contributed by atoms with van der Waals surface area (Å²) < 4.78 is -0.715.